The van der Waals surface area contributed by atoms with Gasteiger partial charge in [-0.2, -0.15) is 0 Å². The van der Waals surface area contributed by atoms with Crippen molar-refractivity contribution in [2.45, 2.75) is 32.8 Å². The van der Waals surface area contributed by atoms with Crippen molar-refractivity contribution in [3.05, 3.63) is 30.3 Å². The molecule has 94 valence electrons. The standard InChI is InChI=1S/C14H21NO2/c1-12(2)17-11-7-10-14(16)15(3)13-8-5-4-6-9-13/h4-6,8-9,12H,7,10-11H2,1-3H3. The Labute approximate surface area is 103 Å². The number of amides is 1. The third kappa shape index (κ3) is 5.00. The Balaban J connectivity index is 2.33. The molecule has 0 N–H and O–H groups in total. The zero-order valence-electron chi connectivity index (χ0n) is 10.8. The Bertz CT molecular complexity index is 335. The van der Waals surface area contributed by atoms with E-state index in [1.165, 1.54) is 0 Å². The van der Waals surface area contributed by atoms with E-state index in [4.69, 9.17) is 4.74 Å². The smallest absolute Gasteiger partial charge is 0.226 e. The molecule has 0 aromatic heterocycles. The van der Waals surface area contributed by atoms with E-state index in [-0.39, 0.29) is 12.0 Å². The second-order valence-electron chi connectivity index (χ2n) is 4.31. The molecule has 0 heterocycles. The molecule has 0 unspecified atom stereocenters. The van der Waals surface area contributed by atoms with Crippen LogP contribution in [0.2, 0.25) is 0 Å². The average molecular weight is 235 g/mol. The van der Waals surface area contributed by atoms with Crippen LogP contribution in [-0.4, -0.2) is 25.7 Å². The van der Waals surface area contributed by atoms with Crippen molar-refractivity contribution in [1.82, 2.24) is 0 Å². The van der Waals surface area contributed by atoms with Crippen molar-refractivity contribution in [1.29, 1.82) is 0 Å². The molecule has 0 aliphatic rings. The Kier molecular flexibility index (Phi) is 5.70. The number of benzene rings is 1. The van der Waals surface area contributed by atoms with Gasteiger partial charge in [-0.1, -0.05) is 18.2 Å². The Morgan fingerprint density at radius 2 is 1.94 bits per heavy atom. The predicted octanol–water partition coefficient (Wildman–Crippen LogP) is 2.85. The van der Waals surface area contributed by atoms with E-state index in [9.17, 15) is 4.79 Å². The molecule has 0 spiro atoms. The number of nitrogens with zero attached hydrogens (tertiary/aromatic N) is 1. The van der Waals surface area contributed by atoms with E-state index in [0.717, 1.165) is 12.1 Å². The van der Waals surface area contributed by atoms with Gasteiger partial charge in [0.1, 0.15) is 0 Å². The van der Waals surface area contributed by atoms with Gasteiger partial charge < -0.3 is 9.64 Å². The summed E-state index contributed by atoms with van der Waals surface area (Å²) < 4.78 is 5.41. The van der Waals surface area contributed by atoms with Crippen LogP contribution in [0.15, 0.2) is 30.3 Å². The molecule has 17 heavy (non-hydrogen) atoms. The first-order chi connectivity index (χ1) is 8.11. The molecule has 1 aromatic rings. The van der Waals surface area contributed by atoms with Crippen LogP contribution in [0, 0.1) is 0 Å². The number of ether oxygens (including phenoxy) is 1. The third-order valence-corrected chi connectivity index (χ3v) is 2.50. The van der Waals surface area contributed by atoms with Gasteiger partial charge in [-0.15, -0.1) is 0 Å². The van der Waals surface area contributed by atoms with Crippen molar-refractivity contribution in [3.63, 3.8) is 0 Å². The lowest BCUT2D eigenvalue weighted by Gasteiger charge is -2.17. The highest BCUT2D eigenvalue weighted by Crippen LogP contribution is 2.12. The number of anilines is 1. The number of carbonyl (C=O) groups is 1. The molecule has 1 rings (SSSR count). The first kappa shape index (κ1) is 13.7. The molecule has 0 fully saturated rings. The van der Waals surface area contributed by atoms with E-state index in [1.807, 2.05) is 44.2 Å². The van der Waals surface area contributed by atoms with Crippen molar-refractivity contribution in [2.75, 3.05) is 18.6 Å². The van der Waals surface area contributed by atoms with Gasteiger partial charge in [0.15, 0.2) is 0 Å². The summed E-state index contributed by atoms with van der Waals surface area (Å²) in [7, 11) is 1.81. The Hall–Kier alpha value is -1.35. The fourth-order valence-electron chi connectivity index (χ4n) is 1.51. The first-order valence-corrected chi connectivity index (χ1v) is 6.04. The van der Waals surface area contributed by atoms with Gasteiger partial charge in [0, 0.05) is 25.8 Å². The van der Waals surface area contributed by atoms with Gasteiger partial charge in [0.25, 0.3) is 0 Å². The van der Waals surface area contributed by atoms with Crippen molar-refractivity contribution in [2.24, 2.45) is 0 Å². The number of rotatable bonds is 6. The largest absolute Gasteiger partial charge is 0.379 e. The van der Waals surface area contributed by atoms with E-state index in [2.05, 4.69) is 0 Å². The lowest BCUT2D eigenvalue weighted by molar-refractivity contribution is -0.118. The predicted molar refractivity (Wildman–Crippen MR) is 70.2 cm³/mol. The third-order valence-electron chi connectivity index (χ3n) is 2.50. The summed E-state index contributed by atoms with van der Waals surface area (Å²) in [6, 6.07) is 9.67. The summed E-state index contributed by atoms with van der Waals surface area (Å²) in [4.78, 5) is 13.5. The number of para-hydroxylation sites is 1. The highest BCUT2D eigenvalue weighted by molar-refractivity contribution is 5.92. The number of hydrogen-bond donors (Lipinski definition) is 0. The second kappa shape index (κ2) is 7.07. The van der Waals surface area contributed by atoms with Crippen molar-refractivity contribution < 1.29 is 9.53 Å². The quantitative estimate of drug-likeness (QED) is 0.710. The van der Waals surface area contributed by atoms with E-state index < -0.39 is 0 Å². The lowest BCUT2D eigenvalue weighted by Crippen LogP contribution is -2.26. The molecule has 0 bridgehead atoms. The van der Waals surface area contributed by atoms with Gasteiger partial charge in [-0.25, -0.2) is 0 Å². The van der Waals surface area contributed by atoms with Crippen molar-refractivity contribution >= 4 is 11.6 Å². The molecule has 0 atom stereocenters. The Morgan fingerprint density at radius 3 is 2.53 bits per heavy atom. The maximum absolute atomic E-state index is 11.9. The molecule has 0 saturated carbocycles. The monoisotopic (exact) mass is 235 g/mol. The average Bonchev–Trinajstić information content (AvgIpc) is 2.34. The normalized spacial score (nSPS) is 10.6. The van der Waals surface area contributed by atoms with E-state index in [1.54, 1.807) is 11.9 Å². The molecule has 3 heteroatoms. The highest BCUT2D eigenvalue weighted by Gasteiger charge is 2.09. The second-order valence-corrected chi connectivity index (χ2v) is 4.31. The van der Waals surface area contributed by atoms with Gasteiger partial charge in [-0.05, 0) is 32.4 Å². The van der Waals surface area contributed by atoms with Gasteiger partial charge in [-0.3, -0.25) is 4.79 Å². The van der Waals surface area contributed by atoms with E-state index >= 15 is 0 Å². The maximum Gasteiger partial charge on any atom is 0.226 e. The molecule has 1 aromatic carbocycles. The molecule has 0 radical (unpaired) electrons. The van der Waals surface area contributed by atoms with E-state index in [0.29, 0.717) is 13.0 Å². The molecular weight excluding hydrogens is 214 g/mol. The minimum atomic E-state index is 0.128. The fraction of sp³-hybridized carbons (Fsp3) is 0.500. The van der Waals surface area contributed by atoms with Gasteiger partial charge >= 0.3 is 0 Å². The topological polar surface area (TPSA) is 29.5 Å². The summed E-state index contributed by atoms with van der Waals surface area (Å²) in [5.74, 6) is 0.128. The van der Waals surface area contributed by atoms with Crippen molar-refractivity contribution in [3.8, 4) is 0 Å². The summed E-state index contributed by atoms with van der Waals surface area (Å²) in [5.41, 5.74) is 0.933. The van der Waals surface area contributed by atoms with Crippen LogP contribution in [0.3, 0.4) is 0 Å². The van der Waals surface area contributed by atoms with Crippen LogP contribution in [0.4, 0.5) is 5.69 Å². The van der Waals surface area contributed by atoms with Crippen LogP contribution in [-0.2, 0) is 9.53 Å². The summed E-state index contributed by atoms with van der Waals surface area (Å²) in [5, 5.41) is 0. The van der Waals surface area contributed by atoms with Gasteiger partial charge in [0.2, 0.25) is 5.91 Å². The maximum atomic E-state index is 11.9. The Morgan fingerprint density at radius 1 is 1.29 bits per heavy atom. The first-order valence-electron chi connectivity index (χ1n) is 6.04. The SMILES string of the molecule is CC(C)OCCCC(=O)N(C)c1ccccc1. The van der Waals surface area contributed by atoms with Crippen LogP contribution in [0.25, 0.3) is 0 Å². The molecule has 3 nitrogen and oxygen atoms in total. The van der Waals surface area contributed by atoms with Crippen LogP contribution < -0.4 is 4.90 Å². The van der Waals surface area contributed by atoms with Crippen LogP contribution in [0.5, 0.6) is 0 Å². The zero-order valence-corrected chi connectivity index (χ0v) is 10.8. The zero-order chi connectivity index (χ0) is 12.7. The fourth-order valence-corrected chi connectivity index (χ4v) is 1.51. The highest BCUT2D eigenvalue weighted by atomic mass is 16.5. The lowest BCUT2D eigenvalue weighted by atomic mass is 10.2. The molecular formula is C14H21NO2. The minimum absolute atomic E-state index is 0.128. The van der Waals surface area contributed by atoms with Gasteiger partial charge in [0.05, 0.1) is 6.10 Å². The number of hydrogen-bond acceptors (Lipinski definition) is 2. The summed E-state index contributed by atoms with van der Waals surface area (Å²) in [6.45, 7) is 4.64. The van der Waals surface area contributed by atoms with Crippen LogP contribution >= 0.6 is 0 Å². The molecule has 0 aliphatic heterocycles. The molecule has 1 amide bonds. The molecule has 0 saturated heterocycles. The number of carbonyl (C=O) groups excluding carboxylic acids is 1. The molecule has 0 aliphatic carbocycles. The summed E-state index contributed by atoms with van der Waals surface area (Å²) in [6.07, 6.45) is 1.53. The van der Waals surface area contributed by atoms with Crippen LogP contribution in [0.1, 0.15) is 26.7 Å². The minimum Gasteiger partial charge on any atom is -0.379 e. The summed E-state index contributed by atoms with van der Waals surface area (Å²) >= 11 is 0.